The summed E-state index contributed by atoms with van der Waals surface area (Å²) in [7, 11) is 0. The maximum atomic E-state index is 9.20. The van der Waals surface area contributed by atoms with Crippen molar-refractivity contribution in [3.05, 3.63) is 17.0 Å². The Bertz CT molecular complexity index is 496. The highest BCUT2D eigenvalue weighted by atomic mass is 16.3. The number of rotatable bonds is 2. The van der Waals surface area contributed by atoms with E-state index >= 15 is 0 Å². The highest BCUT2D eigenvalue weighted by molar-refractivity contribution is 5.69. The first kappa shape index (κ1) is 11.9. The molecule has 0 bridgehead atoms. The van der Waals surface area contributed by atoms with Crippen molar-refractivity contribution >= 4 is 6.21 Å². The number of nitrogens with zero attached hydrogens (tertiary/aromatic N) is 3. The molecule has 4 nitrogen and oxygen atoms in total. The van der Waals surface area contributed by atoms with E-state index in [9.17, 15) is 5.11 Å². The minimum atomic E-state index is 0.0627. The third-order valence-corrected chi connectivity index (χ3v) is 4.00. The first-order valence-corrected chi connectivity index (χ1v) is 6.73. The lowest BCUT2D eigenvalue weighted by molar-refractivity contribution is 0.263. The van der Waals surface area contributed by atoms with Gasteiger partial charge in [0, 0.05) is 47.7 Å². The van der Waals surface area contributed by atoms with Gasteiger partial charge in [0.1, 0.15) is 0 Å². The molecule has 1 aromatic rings. The second-order valence-electron chi connectivity index (χ2n) is 6.39. The van der Waals surface area contributed by atoms with Gasteiger partial charge in [-0.25, -0.2) is 0 Å². The Morgan fingerprint density at radius 2 is 2.22 bits per heavy atom. The van der Waals surface area contributed by atoms with Crippen LogP contribution in [-0.4, -0.2) is 34.3 Å². The number of aliphatic hydroxyl groups is 1. The maximum absolute atomic E-state index is 9.20. The van der Waals surface area contributed by atoms with Crippen molar-refractivity contribution in [2.45, 2.75) is 45.1 Å². The number of aromatic nitrogens is 2. The third kappa shape index (κ3) is 1.62. The maximum Gasteiger partial charge on any atom is 0.0670 e. The summed E-state index contributed by atoms with van der Waals surface area (Å²) >= 11 is 0. The molecule has 0 fully saturated rings. The lowest BCUT2D eigenvalue weighted by Crippen LogP contribution is -2.23. The van der Waals surface area contributed by atoms with E-state index in [-0.39, 0.29) is 12.0 Å². The van der Waals surface area contributed by atoms with Crippen LogP contribution in [0.1, 0.15) is 43.6 Å². The molecule has 0 saturated carbocycles. The zero-order chi connectivity index (χ0) is 12.9. The van der Waals surface area contributed by atoms with Crippen LogP contribution in [0.15, 0.2) is 4.99 Å². The van der Waals surface area contributed by atoms with Gasteiger partial charge in [-0.15, -0.1) is 0 Å². The molecule has 0 amide bonds. The highest BCUT2D eigenvalue weighted by Crippen LogP contribution is 2.44. The van der Waals surface area contributed by atoms with Crippen LogP contribution in [0.25, 0.3) is 0 Å². The lowest BCUT2D eigenvalue weighted by atomic mass is 9.84. The summed E-state index contributed by atoms with van der Waals surface area (Å²) in [5, 5.41) is 13.9. The predicted molar refractivity (Wildman–Crippen MR) is 71.3 cm³/mol. The molecule has 2 unspecified atom stereocenters. The fourth-order valence-electron chi connectivity index (χ4n) is 3.39. The van der Waals surface area contributed by atoms with Crippen molar-refractivity contribution in [2.24, 2.45) is 10.9 Å². The quantitative estimate of drug-likeness (QED) is 0.861. The van der Waals surface area contributed by atoms with Gasteiger partial charge in [-0.05, 0) is 0 Å². The zero-order valence-electron chi connectivity index (χ0n) is 11.3. The van der Waals surface area contributed by atoms with Gasteiger partial charge < -0.3 is 5.11 Å². The van der Waals surface area contributed by atoms with E-state index in [4.69, 9.17) is 5.10 Å². The van der Waals surface area contributed by atoms with Crippen molar-refractivity contribution in [3.63, 3.8) is 0 Å². The van der Waals surface area contributed by atoms with Gasteiger partial charge in [0.05, 0.1) is 18.8 Å². The van der Waals surface area contributed by atoms with Crippen molar-refractivity contribution in [2.75, 3.05) is 13.2 Å². The minimum absolute atomic E-state index is 0.0627. The number of aliphatic hydroxyl groups excluding tert-OH is 1. The van der Waals surface area contributed by atoms with Crippen molar-refractivity contribution in [3.8, 4) is 0 Å². The predicted octanol–water partition coefficient (Wildman–Crippen LogP) is 1.51. The smallest absolute Gasteiger partial charge is 0.0670 e. The largest absolute Gasteiger partial charge is 0.394 e. The molecule has 98 valence electrons. The monoisotopic (exact) mass is 247 g/mol. The van der Waals surface area contributed by atoms with Crippen LogP contribution < -0.4 is 0 Å². The normalized spacial score (nSPS) is 25.6. The van der Waals surface area contributed by atoms with Gasteiger partial charge in [-0.1, -0.05) is 20.8 Å². The number of fused-ring (bicyclic) bond motifs is 3. The average molecular weight is 247 g/mol. The van der Waals surface area contributed by atoms with Gasteiger partial charge in [-0.3, -0.25) is 9.67 Å². The molecule has 1 aliphatic carbocycles. The summed E-state index contributed by atoms with van der Waals surface area (Å²) in [5.41, 5.74) is 4.00. The van der Waals surface area contributed by atoms with Crippen LogP contribution in [0.3, 0.4) is 0 Å². The van der Waals surface area contributed by atoms with Gasteiger partial charge >= 0.3 is 0 Å². The molecule has 0 saturated heterocycles. The summed E-state index contributed by atoms with van der Waals surface area (Å²) in [5.74, 6) is 1.09. The van der Waals surface area contributed by atoms with E-state index in [0.717, 1.165) is 13.0 Å². The molecule has 1 aromatic heterocycles. The van der Waals surface area contributed by atoms with Crippen molar-refractivity contribution < 1.29 is 5.11 Å². The molecule has 18 heavy (non-hydrogen) atoms. The highest BCUT2D eigenvalue weighted by Gasteiger charge is 2.41. The van der Waals surface area contributed by atoms with Crippen LogP contribution in [0.2, 0.25) is 0 Å². The number of hydrogen-bond donors (Lipinski definition) is 1. The van der Waals surface area contributed by atoms with Gasteiger partial charge in [-0.2, -0.15) is 5.10 Å². The molecule has 4 heteroatoms. The molecule has 3 rings (SSSR count). The molecule has 2 heterocycles. The fourth-order valence-corrected chi connectivity index (χ4v) is 3.39. The Labute approximate surface area is 108 Å². The van der Waals surface area contributed by atoms with Crippen LogP contribution in [0.4, 0.5) is 0 Å². The van der Waals surface area contributed by atoms with Gasteiger partial charge in [0.25, 0.3) is 0 Å². The Balaban J connectivity index is 2.10. The summed E-state index contributed by atoms with van der Waals surface area (Å²) < 4.78 is 2.01. The molecular formula is C14H21N3O. The van der Waals surface area contributed by atoms with Crippen molar-refractivity contribution in [1.29, 1.82) is 0 Å². The van der Waals surface area contributed by atoms with Crippen LogP contribution >= 0.6 is 0 Å². The summed E-state index contributed by atoms with van der Waals surface area (Å²) in [6.07, 6.45) is 3.13. The summed E-state index contributed by atoms with van der Waals surface area (Å²) in [6.45, 7) is 8.32. The van der Waals surface area contributed by atoms with Crippen LogP contribution in [0, 0.1) is 5.92 Å². The fraction of sp³-hybridized carbons (Fsp3) is 0.714. The average Bonchev–Trinajstić information content (AvgIpc) is 2.86. The molecule has 1 N–H and O–H groups in total. The Morgan fingerprint density at radius 3 is 2.89 bits per heavy atom. The first-order valence-electron chi connectivity index (χ1n) is 6.73. The van der Waals surface area contributed by atoms with E-state index < -0.39 is 0 Å². The van der Waals surface area contributed by atoms with Crippen LogP contribution in [-0.2, 0) is 18.4 Å². The van der Waals surface area contributed by atoms with Gasteiger partial charge in [0.2, 0.25) is 0 Å². The van der Waals surface area contributed by atoms with E-state index in [0.29, 0.717) is 18.4 Å². The number of aliphatic imine (C=N–C) groups is 1. The first-order chi connectivity index (χ1) is 8.52. The Morgan fingerprint density at radius 1 is 1.44 bits per heavy atom. The molecule has 1 aliphatic heterocycles. The summed E-state index contributed by atoms with van der Waals surface area (Å²) in [4.78, 5) is 4.43. The lowest BCUT2D eigenvalue weighted by Gasteiger charge is -2.24. The molecule has 0 radical (unpaired) electrons. The van der Waals surface area contributed by atoms with E-state index in [1.807, 2.05) is 4.68 Å². The third-order valence-electron chi connectivity index (χ3n) is 4.00. The molecule has 0 aromatic carbocycles. The zero-order valence-corrected chi connectivity index (χ0v) is 11.3. The Kier molecular flexibility index (Phi) is 2.59. The Hall–Kier alpha value is -1.16. The standard InChI is InChI=1S/C14H21N3O/c1-14(2,3)13-12-10-8-15-7-9(10)6-11(12)16-17(13)4-5-18/h7,9-10,18H,4-6,8H2,1-3H3. The summed E-state index contributed by atoms with van der Waals surface area (Å²) in [6, 6.07) is 0. The van der Waals surface area contributed by atoms with Crippen molar-refractivity contribution in [1.82, 2.24) is 9.78 Å². The minimum Gasteiger partial charge on any atom is -0.394 e. The SMILES string of the molecule is CC(C)(C)c1c2c(nn1CCO)CC1C=NCC21. The van der Waals surface area contributed by atoms with E-state index in [1.165, 1.54) is 17.0 Å². The van der Waals surface area contributed by atoms with Gasteiger partial charge in [0.15, 0.2) is 0 Å². The molecular weight excluding hydrogens is 226 g/mol. The molecule has 2 atom stereocenters. The molecule has 2 aliphatic rings. The van der Waals surface area contributed by atoms with Crippen LogP contribution in [0.5, 0.6) is 0 Å². The second-order valence-corrected chi connectivity index (χ2v) is 6.39. The van der Waals surface area contributed by atoms with E-state index in [2.05, 4.69) is 32.0 Å². The van der Waals surface area contributed by atoms with E-state index in [1.54, 1.807) is 0 Å². The molecule has 0 spiro atoms. The number of hydrogen-bond acceptors (Lipinski definition) is 3. The second kappa shape index (κ2) is 3.92. The topological polar surface area (TPSA) is 50.4 Å².